The van der Waals surface area contributed by atoms with Gasteiger partial charge in [0, 0.05) is 17.7 Å². The molecule has 0 aromatic carbocycles. The summed E-state index contributed by atoms with van der Waals surface area (Å²) in [4.78, 5) is 15.5. The second-order valence-corrected chi connectivity index (χ2v) is 4.45. The van der Waals surface area contributed by atoms with Crippen LogP contribution in [0.4, 0.5) is 0 Å². The van der Waals surface area contributed by atoms with Crippen LogP contribution in [-0.4, -0.2) is 28.4 Å². The number of carbonyl (C=O) groups excluding carboxylic acids is 1. The van der Waals surface area contributed by atoms with Gasteiger partial charge in [0.25, 0.3) is 0 Å². The fraction of sp³-hybridized carbons (Fsp3) is 0.214. The first-order valence-electron chi connectivity index (χ1n) is 6.42. The molecule has 3 heterocycles. The van der Waals surface area contributed by atoms with Gasteiger partial charge >= 0.3 is 5.97 Å². The van der Waals surface area contributed by atoms with E-state index in [1.165, 1.54) is 7.11 Å². The predicted molar refractivity (Wildman–Crippen MR) is 71.9 cm³/mol. The Hall–Kier alpha value is -2.83. The molecule has 0 unspecified atom stereocenters. The summed E-state index contributed by atoms with van der Waals surface area (Å²) in [6, 6.07) is 7.53. The van der Waals surface area contributed by atoms with Crippen LogP contribution < -0.4 is 4.57 Å². The number of aromatic nitrogens is 4. The molecule has 3 rings (SSSR count). The maximum Gasteiger partial charge on any atom is 0.311 e. The Balaban J connectivity index is 1.78. The third-order valence-electron chi connectivity index (χ3n) is 3.11. The van der Waals surface area contributed by atoms with Gasteiger partial charge in [0.15, 0.2) is 24.5 Å². The van der Waals surface area contributed by atoms with Gasteiger partial charge in [-0.1, -0.05) is 0 Å². The topological polar surface area (TPSA) is 82.0 Å². The highest BCUT2D eigenvalue weighted by atomic mass is 16.6. The Labute approximate surface area is 120 Å². The number of rotatable bonds is 4. The molecule has 0 spiro atoms. The van der Waals surface area contributed by atoms with E-state index in [4.69, 9.17) is 0 Å². The van der Waals surface area contributed by atoms with E-state index in [0.29, 0.717) is 24.1 Å². The molecule has 0 fully saturated rings. The predicted octanol–water partition coefficient (Wildman–Crippen LogP) is 1.14. The van der Waals surface area contributed by atoms with Crippen LogP contribution in [0.1, 0.15) is 6.42 Å². The molecule has 0 aliphatic rings. The molecular formula is C14H13N4O3+. The molecule has 3 aromatic heterocycles. The van der Waals surface area contributed by atoms with Crippen molar-refractivity contribution in [2.75, 3.05) is 7.11 Å². The number of nitrogens with zero attached hydrogens (tertiary/aromatic N) is 4. The lowest BCUT2D eigenvalue weighted by Gasteiger charge is -2.00. The normalized spacial score (nSPS) is 10.7. The number of methoxy groups -OCH3 is 1. The minimum Gasteiger partial charge on any atom is -0.469 e. The molecular weight excluding hydrogens is 272 g/mol. The van der Waals surface area contributed by atoms with Gasteiger partial charge in [0.05, 0.1) is 12.8 Å². The van der Waals surface area contributed by atoms with Crippen LogP contribution in [0.15, 0.2) is 41.3 Å². The molecule has 0 amide bonds. The van der Waals surface area contributed by atoms with Crippen molar-refractivity contribution in [2.24, 2.45) is 0 Å². The summed E-state index contributed by atoms with van der Waals surface area (Å²) >= 11 is 0. The molecule has 0 aliphatic carbocycles. The second-order valence-electron chi connectivity index (χ2n) is 4.45. The van der Waals surface area contributed by atoms with Crippen LogP contribution in [0.3, 0.4) is 0 Å². The van der Waals surface area contributed by atoms with Gasteiger partial charge in [-0.15, -0.1) is 0 Å². The monoisotopic (exact) mass is 285 g/mol. The zero-order chi connectivity index (χ0) is 14.7. The van der Waals surface area contributed by atoms with Gasteiger partial charge < -0.3 is 4.74 Å². The fourth-order valence-corrected chi connectivity index (χ4v) is 1.94. The van der Waals surface area contributed by atoms with Crippen molar-refractivity contribution in [2.45, 2.75) is 13.0 Å². The average molecular weight is 285 g/mol. The van der Waals surface area contributed by atoms with Gasteiger partial charge in [0.2, 0.25) is 5.65 Å². The summed E-state index contributed by atoms with van der Waals surface area (Å²) in [7, 11) is 1.39. The zero-order valence-corrected chi connectivity index (χ0v) is 11.4. The first-order valence-corrected chi connectivity index (χ1v) is 6.42. The van der Waals surface area contributed by atoms with Crippen molar-refractivity contribution in [3.63, 3.8) is 0 Å². The summed E-state index contributed by atoms with van der Waals surface area (Å²) in [6.07, 6.45) is 4.13. The van der Waals surface area contributed by atoms with Crippen molar-refractivity contribution < 1.29 is 18.7 Å². The van der Waals surface area contributed by atoms with Crippen molar-refractivity contribution >= 4 is 17.1 Å². The number of hydrogen-bond donors (Lipinski definition) is 0. The number of ether oxygens (including phenoxy) is 1. The lowest BCUT2D eigenvalue weighted by atomic mass is 10.2. The molecule has 0 aliphatic heterocycles. The number of esters is 1. The van der Waals surface area contributed by atoms with E-state index in [1.807, 2.05) is 41.2 Å². The Bertz CT molecular complexity index is 767. The molecule has 7 heteroatoms. The van der Waals surface area contributed by atoms with E-state index in [0.717, 1.165) is 11.3 Å². The fourth-order valence-electron chi connectivity index (χ4n) is 1.94. The first-order chi connectivity index (χ1) is 10.3. The van der Waals surface area contributed by atoms with Crippen LogP contribution >= 0.6 is 0 Å². The van der Waals surface area contributed by atoms with Crippen molar-refractivity contribution in [3.05, 3.63) is 36.7 Å². The van der Waals surface area contributed by atoms with Crippen LogP contribution in [0.2, 0.25) is 0 Å². The van der Waals surface area contributed by atoms with E-state index in [9.17, 15) is 4.79 Å². The van der Waals surface area contributed by atoms with Crippen LogP contribution in [0.25, 0.3) is 22.4 Å². The molecule has 0 bridgehead atoms. The molecule has 0 saturated carbocycles. The van der Waals surface area contributed by atoms with E-state index in [-0.39, 0.29) is 5.97 Å². The highest BCUT2D eigenvalue weighted by Crippen LogP contribution is 2.17. The molecule has 106 valence electrons. The van der Waals surface area contributed by atoms with E-state index < -0.39 is 0 Å². The first kappa shape index (κ1) is 13.2. The Morgan fingerprint density at radius 3 is 2.81 bits per heavy atom. The Morgan fingerprint density at radius 1 is 1.24 bits per heavy atom. The van der Waals surface area contributed by atoms with Crippen molar-refractivity contribution in [1.29, 1.82) is 0 Å². The quantitative estimate of drug-likeness (QED) is 0.528. The number of fused-ring (bicyclic) bond motifs is 1. The van der Waals surface area contributed by atoms with Gasteiger partial charge in [0.1, 0.15) is 6.42 Å². The van der Waals surface area contributed by atoms with Crippen LogP contribution in [0.5, 0.6) is 0 Å². The van der Waals surface area contributed by atoms with Crippen LogP contribution in [0, 0.1) is 0 Å². The zero-order valence-electron chi connectivity index (χ0n) is 11.4. The third kappa shape index (κ3) is 2.86. The highest BCUT2D eigenvalue weighted by molar-refractivity contribution is 5.73. The number of hydrogen-bond acceptors (Lipinski definition) is 6. The smallest absolute Gasteiger partial charge is 0.311 e. The van der Waals surface area contributed by atoms with Crippen LogP contribution in [-0.2, 0) is 16.1 Å². The number of aryl methyl sites for hydroxylation is 1. The standard InChI is InChI=1S/C14H13N4O3/c1-20-13(19)6-9-18-7-4-10(5-8-18)11-2-3-12-14(15-11)17-21-16-12/h2-5,7-8H,6,9H2,1H3/q+1. The molecule has 3 aromatic rings. The third-order valence-corrected chi connectivity index (χ3v) is 3.11. The lowest BCUT2D eigenvalue weighted by Crippen LogP contribution is -2.33. The maximum atomic E-state index is 11.1. The van der Waals surface area contributed by atoms with E-state index >= 15 is 0 Å². The van der Waals surface area contributed by atoms with Gasteiger partial charge in [-0.05, 0) is 22.4 Å². The van der Waals surface area contributed by atoms with Crippen molar-refractivity contribution in [1.82, 2.24) is 15.3 Å². The Morgan fingerprint density at radius 2 is 2.05 bits per heavy atom. The molecule has 0 N–H and O–H groups in total. The molecule has 21 heavy (non-hydrogen) atoms. The lowest BCUT2D eigenvalue weighted by molar-refractivity contribution is -0.695. The second kappa shape index (κ2) is 5.66. The summed E-state index contributed by atoms with van der Waals surface area (Å²) in [5.74, 6) is -0.225. The van der Waals surface area contributed by atoms with E-state index in [2.05, 4.69) is 24.7 Å². The largest absolute Gasteiger partial charge is 0.469 e. The Kier molecular flexibility index (Phi) is 3.55. The summed E-state index contributed by atoms with van der Waals surface area (Å²) in [6.45, 7) is 0.576. The summed E-state index contributed by atoms with van der Waals surface area (Å²) < 4.78 is 11.2. The highest BCUT2D eigenvalue weighted by Gasteiger charge is 2.09. The maximum absolute atomic E-state index is 11.1. The average Bonchev–Trinajstić information content (AvgIpc) is 3.00. The summed E-state index contributed by atoms with van der Waals surface area (Å²) in [5.41, 5.74) is 2.85. The number of pyridine rings is 2. The molecule has 0 saturated heterocycles. The molecule has 7 nitrogen and oxygen atoms in total. The minimum atomic E-state index is -0.225. The van der Waals surface area contributed by atoms with Gasteiger partial charge in [-0.3, -0.25) is 4.79 Å². The van der Waals surface area contributed by atoms with Gasteiger partial charge in [-0.2, -0.15) is 0 Å². The molecule has 0 radical (unpaired) electrons. The molecule has 0 atom stereocenters. The number of carbonyl (C=O) groups is 1. The minimum absolute atomic E-state index is 0.225. The van der Waals surface area contributed by atoms with Gasteiger partial charge in [-0.25, -0.2) is 14.2 Å². The van der Waals surface area contributed by atoms with Crippen molar-refractivity contribution in [3.8, 4) is 11.3 Å². The SMILES string of the molecule is COC(=O)CC[n+]1ccc(-c2ccc3nonc3n2)cc1. The summed E-state index contributed by atoms with van der Waals surface area (Å²) in [5, 5.41) is 7.45. The van der Waals surface area contributed by atoms with E-state index in [1.54, 1.807) is 0 Å².